The second-order valence-corrected chi connectivity index (χ2v) is 6.54. The summed E-state index contributed by atoms with van der Waals surface area (Å²) in [6.45, 7) is 8.70. The predicted octanol–water partition coefficient (Wildman–Crippen LogP) is 3.43. The number of nitrogens with zero attached hydrogens (tertiary/aromatic N) is 1. The number of benzene rings is 1. The first-order valence-electron chi connectivity index (χ1n) is 7.22. The van der Waals surface area contributed by atoms with Crippen LogP contribution in [0.5, 0.6) is 5.75 Å². The molecule has 0 saturated carbocycles. The molecule has 1 aliphatic heterocycles. The SMILES string of the molecule is CC(N)c1ccc(N2CCCC(C)(C)CC2)cc1O. The molecule has 1 atom stereocenters. The van der Waals surface area contributed by atoms with Gasteiger partial charge in [0.2, 0.25) is 0 Å². The smallest absolute Gasteiger partial charge is 0.122 e. The van der Waals surface area contributed by atoms with Gasteiger partial charge in [-0.3, -0.25) is 0 Å². The molecule has 2 rings (SSSR count). The van der Waals surface area contributed by atoms with Gasteiger partial charge < -0.3 is 15.7 Å². The summed E-state index contributed by atoms with van der Waals surface area (Å²) in [6, 6.07) is 5.76. The van der Waals surface area contributed by atoms with Gasteiger partial charge in [-0.05, 0) is 37.7 Å². The second kappa shape index (κ2) is 5.41. The van der Waals surface area contributed by atoms with Crippen molar-refractivity contribution in [2.45, 2.75) is 46.1 Å². The van der Waals surface area contributed by atoms with Crippen LogP contribution in [0.3, 0.4) is 0 Å². The van der Waals surface area contributed by atoms with E-state index in [4.69, 9.17) is 5.73 Å². The molecule has 1 heterocycles. The van der Waals surface area contributed by atoms with E-state index in [-0.39, 0.29) is 6.04 Å². The molecule has 3 N–H and O–H groups in total. The number of aromatic hydroxyl groups is 1. The molecule has 0 radical (unpaired) electrons. The van der Waals surface area contributed by atoms with E-state index >= 15 is 0 Å². The summed E-state index contributed by atoms with van der Waals surface area (Å²) in [5.41, 5.74) is 8.19. The van der Waals surface area contributed by atoms with Crippen LogP contribution in [0.15, 0.2) is 18.2 Å². The zero-order valence-electron chi connectivity index (χ0n) is 12.3. The van der Waals surface area contributed by atoms with Crippen LogP contribution in [-0.2, 0) is 0 Å². The van der Waals surface area contributed by atoms with Crippen LogP contribution in [0.4, 0.5) is 5.69 Å². The van der Waals surface area contributed by atoms with E-state index in [1.165, 1.54) is 19.3 Å². The first kappa shape index (κ1) is 14.2. The second-order valence-electron chi connectivity index (χ2n) is 6.54. The molecule has 0 bridgehead atoms. The summed E-state index contributed by atoms with van der Waals surface area (Å²) in [4.78, 5) is 2.37. The average Bonchev–Trinajstić information content (AvgIpc) is 2.49. The number of hydrogen-bond donors (Lipinski definition) is 2. The molecule has 1 aromatic rings. The van der Waals surface area contributed by atoms with Gasteiger partial charge in [-0.1, -0.05) is 19.9 Å². The number of rotatable bonds is 2. The van der Waals surface area contributed by atoms with Gasteiger partial charge in [0.15, 0.2) is 0 Å². The number of phenolic OH excluding ortho intramolecular Hbond substituents is 1. The van der Waals surface area contributed by atoms with Gasteiger partial charge in [0, 0.05) is 36.4 Å². The highest BCUT2D eigenvalue weighted by atomic mass is 16.3. The summed E-state index contributed by atoms with van der Waals surface area (Å²) in [5.74, 6) is 0.316. The minimum Gasteiger partial charge on any atom is -0.508 e. The first-order chi connectivity index (χ1) is 8.89. The summed E-state index contributed by atoms with van der Waals surface area (Å²) in [5, 5.41) is 10.1. The molecule has 3 nitrogen and oxygen atoms in total. The fourth-order valence-corrected chi connectivity index (χ4v) is 2.79. The normalized spacial score (nSPS) is 20.9. The van der Waals surface area contributed by atoms with Gasteiger partial charge in [-0.25, -0.2) is 0 Å². The van der Waals surface area contributed by atoms with Crippen molar-refractivity contribution in [1.29, 1.82) is 0 Å². The third-order valence-electron chi connectivity index (χ3n) is 4.21. The Hall–Kier alpha value is -1.22. The molecule has 3 heteroatoms. The van der Waals surface area contributed by atoms with Gasteiger partial charge in [-0.15, -0.1) is 0 Å². The summed E-state index contributed by atoms with van der Waals surface area (Å²) < 4.78 is 0. The molecule has 1 aliphatic rings. The Morgan fingerprint density at radius 2 is 2.00 bits per heavy atom. The van der Waals surface area contributed by atoms with E-state index in [1.807, 2.05) is 19.1 Å². The molecule has 1 aromatic carbocycles. The van der Waals surface area contributed by atoms with E-state index in [1.54, 1.807) is 0 Å². The molecule has 19 heavy (non-hydrogen) atoms. The van der Waals surface area contributed by atoms with Crippen LogP contribution >= 0.6 is 0 Å². The maximum absolute atomic E-state index is 10.1. The highest BCUT2D eigenvalue weighted by Gasteiger charge is 2.23. The minimum absolute atomic E-state index is 0.128. The fourth-order valence-electron chi connectivity index (χ4n) is 2.79. The van der Waals surface area contributed by atoms with Crippen LogP contribution in [0.25, 0.3) is 0 Å². The third kappa shape index (κ3) is 3.41. The molecule has 0 amide bonds. The zero-order chi connectivity index (χ0) is 14.0. The standard InChI is InChI=1S/C16H26N2O/c1-12(17)14-6-5-13(11-15(14)19)18-9-4-7-16(2,3)8-10-18/h5-6,11-12,19H,4,7-10,17H2,1-3H3. The van der Waals surface area contributed by atoms with Crippen molar-refractivity contribution in [2.24, 2.45) is 11.1 Å². The maximum atomic E-state index is 10.1. The Labute approximate surface area is 116 Å². The van der Waals surface area contributed by atoms with E-state index in [2.05, 4.69) is 24.8 Å². The van der Waals surface area contributed by atoms with Gasteiger partial charge in [0.05, 0.1) is 0 Å². The van der Waals surface area contributed by atoms with Crippen LogP contribution in [0, 0.1) is 5.41 Å². The van der Waals surface area contributed by atoms with Gasteiger partial charge in [0.25, 0.3) is 0 Å². The number of anilines is 1. The Bertz CT molecular complexity index is 440. The Morgan fingerprint density at radius 1 is 1.26 bits per heavy atom. The van der Waals surface area contributed by atoms with Crippen molar-refractivity contribution in [3.63, 3.8) is 0 Å². The highest BCUT2D eigenvalue weighted by molar-refractivity contribution is 5.54. The molecule has 1 fully saturated rings. The van der Waals surface area contributed by atoms with Crippen molar-refractivity contribution >= 4 is 5.69 Å². The van der Waals surface area contributed by atoms with Crippen LogP contribution < -0.4 is 10.6 Å². The molecular formula is C16H26N2O. The van der Waals surface area contributed by atoms with Crippen molar-refractivity contribution < 1.29 is 5.11 Å². The number of phenols is 1. The molecule has 0 spiro atoms. The van der Waals surface area contributed by atoms with Crippen molar-refractivity contribution in [2.75, 3.05) is 18.0 Å². The largest absolute Gasteiger partial charge is 0.508 e. The lowest BCUT2D eigenvalue weighted by Gasteiger charge is -2.25. The summed E-state index contributed by atoms with van der Waals surface area (Å²) in [7, 11) is 0. The molecule has 106 valence electrons. The van der Waals surface area contributed by atoms with E-state index in [9.17, 15) is 5.11 Å². The fraction of sp³-hybridized carbons (Fsp3) is 0.625. The third-order valence-corrected chi connectivity index (χ3v) is 4.21. The highest BCUT2D eigenvalue weighted by Crippen LogP contribution is 2.33. The molecular weight excluding hydrogens is 236 g/mol. The number of hydrogen-bond acceptors (Lipinski definition) is 3. The van der Waals surface area contributed by atoms with Crippen molar-refractivity contribution in [1.82, 2.24) is 0 Å². The summed E-state index contributed by atoms with van der Waals surface area (Å²) >= 11 is 0. The summed E-state index contributed by atoms with van der Waals surface area (Å²) in [6.07, 6.45) is 3.68. The van der Waals surface area contributed by atoms with Crippen LogP contribution in [0.2, 0.25) is 0 Å². The van der Waals surface area contributed by atoms with Crippen molar-refractivity contribution in [3.8, 4) is 5.75 Å². The molecule has 1 unspecified atom stereocenters. The van der Waals surface area contributed by atoms with E-state index < -0.39 is 0 Å². The van der Waals surface area contributed by atoms with Gasteiger partial charge >= 0.3 is 0 Å². The first-order valence-corrected chi connectivity index (χ1v) is 7.22. The lowest BCUT2D eigenvalue weighted by atomic mass is 9.85. The lowest BCUT2D eigenvalue weighted by Crippen LogP contribution is -2.25. The molecule has 0 aliphatic carbocycles. The maximum Gasteiger partial charge on any atom is 0.122 e. The lowest BCUT2D eigenvalue weighted by molar-refractivity contribution is 0.325. The van der Waals surface area contributed by atoms with E-state index in [0.717, 1.165) is 24.3 Å². The Morgan fingerprint density at radius 3 is 2.63 bits per heavy atom. The van der Waals surface area contributed by atoms with E-state index in [0.29, 0.717) is 11.2 Å². The molecule has 1 saturated heterocycles. The van der Waals surface area contributed by atoms with Crippen LogP contribution in [-0.4, -0.2) is 18.2 Å². The average molecular weight is 262 g/mol. The van der Waals surface area contributed by atoms with Gasteiger partial charge in [-0.2, -0.15) is 0 Å². The van der Waals surface area contributed by atoms with Crippen molar-refractivity contribution in [3.05, 3.63) is 23.8 Å². The predicted molar refractivity (Wildman–Crippen MR) is 80.6 cm³/mol. The minimum atomic E-state index is -0.128. The zero-order valence-corrected chi connectivity index (χ0v) is 12.3. The topological polar surface area (TPSA) is 49.5 Å². The Kier molecular flexibility index (Phi) is 4.04. The monoisotopic (exact) mass is 262 g/mol. The Balaban J connectivity index is 2.16. The number of nitrogens with two attached hydrogens (primary N) is 1. The van der Waals surface area contributed by atoms with Crippen LogP contribution in [0.1, 0.15) is 51.6 Å². The quantitative estimate of drug-likeness (QED) is 0.858. The molecule has 0 aromatic heterocycles. The van der Waals surface area contributed by atoms with Gasteiger partial charge in [0.1, 0.15) is 5.75 Å².